The summed E-state index contributed by atoms with van der Waals surface area (Å²) in [5.74, 6) is -2.16. The summed E-state index contributed by atoms with van der Waals surface area (Å²) in [4.78, 5) is 62.5. The third-order valence-electron chi connectivity index (χ3n) is 5.81. The Morgan fingerprint density at radius 1 is 0.861 bits per heavy atom. The Morgan fingerprint density at radius 2 is 1.53 bits per heavy atom. The van der Waals surface area contributed by atoms with E-state index in [1.165, 1.54) is 60.7 Å². The number of anilines is 1. The Bertz CT molecular complexity index is 1380. The highest BCUT2D eigenvalue weighted by Gasteiger charge is 2.37. The summed E-state index contributed by atoms with van der Waals surface area (Å²) >= 11 is 0. The van der Waals surface area contributed by atoms with Crippen LogP contribution in [0.1, 0.15) is 73.2 Å². The summed E-state index contributed by atoms with van der Waals surface area (Å²) in [5, 5.41) is 11.0. The zero-order valence-corrected chi connectivity index (χ0v) is 19.4. The van der Waals surface area contributed by atoms with Crippen LogP contribution >= 0.6 is 0 Å². The third kappa shape index (κ3) is 4.76. The maximum absolute atomic E-state index is 13.1. The molecule has 0 spiro atoms. The first-order valence-corrected chi connectivity index (χ1v) is 11.4. The molecule has 36 heavy (non-hydrogen) atoms. The van der Waals surface area contributed by atoms with Crippen molar-refractivity contribution < 1.29 is 28.8 Å². The summed E-state index contributed by atoms with van der Waals surface area (Å²) in [6.07, 6.45) is 2.75. The second-order valence-corrected chi connectivity index (χ2v) is 8.23. The molecule has 0 unspecified atom stereocenters. The predicted molar refractivity (Wildman–Crippen MR) is 130 cm³/mol. The lowest BCUT2D eigenvalue weighted by Gasteiger charge is -2.14. The van der Waals surface area contributed by atoms with Crippen LogP contribution in [0.3, 0.4) is 0 Å². The van der Waals surface area contributed by atoms with E-state index in [2.05, 4.69) is 6.92 Å². The third-order valence-corrected chi connectivity index (χ3v) is 5.81. The van der Waals surface area contributed by atoms with Crippen LogP contribution in [0.15, 0.2) is 66.7 Å². The van der Waals surface area contributed by atoms with Crippen molar-refractivity contribution in [1.29, 1.82) is 0 Å². The molecule has 1 heterocycles. The van der Waals surface area contributed by atoms with Crippen molar-refractivity contribution in [1.82, 2.24) is 0 Å². The second kappa shape index (κ2) is 10.3. The van der Waals surface area contributed by atoms with Crippen LogP contribution in [-0.4, -0.2) is 35.1 Å². The fourth-order valence-electron chi connectivity index (χ4n) is 3.89. The van der Waals surface area contributed by atoms with Crippen molar-refractivity contribution in [3.8, 4) is 0 Å². The van der Waals surface area contributed by atoms with Gasteiger partial charge in [-0.2, -0.15) is 0 Å². The minimum Gasteiger partial charge on any atom is -0.462 e. The second-order valence-electron chi connectivity index (χ2n) is 8.23. The summed E-state index contributed by atoms with van der Waals surface area (Å²) in [7, 11) is 0. The number of ether oxygens (including phenoxy) is 1. The van der Waals surface area contributed by atoms with E-state index >= 15 is 0 Å². The van der Waals surface area contributed by atoms with E-state index in [0.717, 1.165) is 30.2 Å². The van der Waals surface area contributed by atoms with Crippen molar-refractivity contribution in [2.75, 3.05) is 11.5 Å². The van der Waals surface area contributed by atoms with E-state index in [1.807, 2.05) is 0 Å². The minimum absolute atomic E-state index is 0.0516. The number of non-ortho nitro benzene ring substituents is 1. The van der Waals surface area contributed by atoms with Crippen LogP contribution in [0.25, 0.3) is 0 Å². The van der Waals surface area contributed by atoms with Crippen molar-refractivity contribution in [3.63, 3.8) is 0 Å². The molecule has 0 aliphatic carbocycles. The molecule has 1 aliphatic heterocycles. The van der Waals surface area contributed by atoms with Gasteiger partial charge in [-0.25, -0.2) is 9.69 Å². The van der Waals surface area contributed by atoms with Crippen LogP contribution in [0.4, 0.5) is 11.4 Å². The molecule has 0 fully saturated rings. The van der Waals surface area contributed by atoms with Crippen molar-refractivity contribution in [3.05, 3.63) is 105 Å². The fourth-order valence-corrected chi connectivity index (χ4v) is 3.89. The van der Waals surface area contributed by atoms with Crippen LogP contribution in [0.2, 0.25) is 0 Å². The van der Waals surface area contributed by atoms with Crippen LogP contribution in [0.5, 0.6) is 0 Å². The molecule has 4 rings (SSSR count). The number of fused-ring (bicyclic) bond motifs is 1. The molecule has 0 bridgehead atoms. The monoisotopic (exact) mass is 486 g/mol. The highest BCUT2D eigenvalue weighted by atomic mass is 16.6. The standard InChI is InChI=1S/C27H22N2O7/c1-2-3-4-14-36-27(33)17-8-11-20(12-9-17)28-25(31)22-13-10-19(16-23(22)26(28)32)24(30)18-6-5-7-21(15-18)29(34)35/h5-13,15-16H,2-4,14H2,1H3. The smallest absolute Gasteiger partial charge is 0.338 e. The van der Waals surface area contributed by atoms with Crippen molar-refractivity contribution >= 4 is 34.9 Å². The van der Waals surface area contributed by atoms with E-state index in [-0.39, 0.29) is 33.6 Å². The number of rotatable bonds is 9. The number of nitro benzene ring substituents is 1. The van der Waals surface area contributed by atoms with Crippen LogP contribution < -0.4 is 4.90 Å². The quantitative estimate of drug-likeness (QED) is 0.104. The largest absolute Gasteiger partial charge is 0.462 e. The fraction of sp³-hybridized carbons (Fsp3) is 0.185. The molecule has 182 valence electrons. The molecule has 9 nitrogen and oxygen atoms in total. The van der Waals surface area contributed by atoms with Gasteiger partial charge >= 0.3 is 5.97 Å². The van der Waals surface area contributed by atoms with Gasteiger partial charge in [-0.15, -0.1) is 0 Å². The first-order chi connectivity index (χ1) is 17.3. The number of nitrogens with zero attached hydrogens (tertiary/aromatic N) is 2. The van der Waals surface area contributed by atoms with Gasteiger partial charge in [0.05, 0.1) is 33.9 Å². The van der Waals surface area contributed by atoms with Crippen molar-refractivity contribution in [2.24, 2.45) is 0 Å². The van der Waals surface area contributed by atoms with E-state index in [1.54, 1.807) is 0 Å². The Kier molecular flexibility index (Phi) is 7.00. The molecular weight excluding hydrogens is 464 g/mol. The van der Waals surface area contributed by atoms with Crippen molar-refractivity contribution in [2.45, 2.75) is 26.2 Å². The van der Waals surface area contributed by atoms with Gasteiger partial charge in [0.25, 0.3) is 17.5 Å². The highest BCUT2D eigenvalue weighted by molar-refractivity contribution is 6.35. The lowest BCUT2D eigenvalue weighted by atomic mass is 9.99. The Hall–Kier alpha value is -4.66. The molecule has 2 amide bonds. The molecule has 0 atom stereocenters. The van der Waals surface area contributed by atoms with Gasteiger partial charge in [0.2, 0.25) is 0 Å². The molecule has 9 heteroatoms. The van der Waals surface area contributed by atoms with E-state index in [0.29, 0.717) is 12.2 Å². The maximum atomic E-state index is 13.1. The molecule has 1 aliphatic rings. The van der Waals surface area contributed by atoms with Gasteiger partial charge in [-0.1, -0.05) is 38.0 Å². The van der Waals surface area contributed by atoms with E-state index in [4.69, 9.17) is 4.74 Å². The number of amides is 2. The van der Waals surface area contributed by atoms with Gasteiger partial charge in [-0.05, 0) is 42.8 Å². The number of hydrogen-bond acceptors (Lipinski definition) is 7. The molecule has 0 radical (unpaired) electrons. The van der Waals surface area contributed by atoms with Gasteiger partial charge in [0.15, 0.2) is 5.78 Å². The Morgan fingerprint density at radius 3 is 2.22 bits per heavy atom. The molecule has 3 aromatic carbocycles. The molecular formula is C27H22N2O7. The number of hydrogen-bond donors (Lipinski definition) is 0. The van der Waals surface area contributed by atoms with E-state index < -0.39 is 28.5 Å². The number of carbonyl (C=O) groups is 4. The summed E-state index contributed by atoms with van der Waals surface area (Å²) in [5.41, 5.74) is 0.749. The normalized spacial score (nSPS) is 12.4. The Labute approximate surface area is 206 Å². The van der Waals surface area contributed by atoms with Gasteiger partial charge in [0, 0.05) is 23.3 Å². The zero-order chi connectivity index (χ0) is 25.8. The molecule has 0 N–H and O–H groups in total. The van der Waals surface area contributed by atoms with Gasteiger partial charge < -0.3 is 4.74 Å². The van der Waals surface area contributed by atoms with Crippen LogP contribution in [-0.2, 0) is 4.74 Å². The lowest BCUT2D eigenvalue weighted by Crippen LogP contribution is -2.29. The lowest BCUT2D eigenvalue weighted by molar-refractivity contribution is -0.384. The summed E-state index contributed by atoms with van der Waals surface area (Å²) in [6.45, 7) is 2.37. The number of ketones is 1. The highest BCUT2D eigenvalue weighted by Crippen LogP contribution is 2.30. The summed E-state index contributed by atoms with van der Waals surface area (Å²) in [6, 6.07) is 15.3. The number of unbranched alkanes of at least 4 members (excludes halogenated alkanes) is 2. The predicted octanol–water partition coefficient (Wildman–Crippen LogP) is 4.97. The number of nitro groups is 1. The zero-order valence-electron chi connectivity index (χ0n) is 19.4. The maximum Gasteiger partial charge on any atom is 0.338 e. The topological polar surface area (TPSA) is 124 Å². The SMILES string of the molecule is CCCCCOC(=O)c1ccc(N2C(=O)c3ccc(C(=O)c4cccc([N+](=O)[O-])c4)cc3C2=O)cc1. The Balaban J connectivity index is 1.53. The number of benzene rings is 3. The average molecular weight is 486 g/mol. The molecule has 0 aromatic heterocycles. The molecule has 3 aromatic rings. The molecule has 0 saturated heterocycles. The van der Waals surface area contributed by atoms with Crippen LogP contribution in [0, 0.1) is 10.1 Å². The first kappa shape index (κ1) is 24.5. The minimum atomic E-state index is -0.612. The average Bonchev–Trinajstić information content (AvgIpc) is 3.15. The van der Waals surface area contributed by atoms with Gasteiger partial charge in [0.1, 0.15) is 0 Å². The van der Waals surface area contributed by atoms with Gasteiger partial charge in [-0.3, -0.25) is 24.5 Å². The number of imide groups is 1. The number of carbonyl (C=O) groups excluding carboxylic acids is 4. The first-order valence-electron chi connectivity index (χ1n) is 11.4. The summed E-state index contributed by atoms with van der Waals surface area (Å²) < 4.78 is 5.23. The van der Waals surface area contributed by atoms with E-state index in [9.17, 15) is 29.3 Å². The molecule has 0 saturated carbocycles. The number of esters is 1.